The number of nitrogens with one attached hydrogen (secondary N) is 2. The number of halogens is 6. The molecule has 156 valence electrons. The Morgan fingerprint density at radius 2 is 2.11 bits per heavy atom. The molecule has 2 unspecified atom stereocenters. The van der Waals surface area contributed by atoms with Crippen LogP contribution in [0, 0.1) is 5.92 Å². The summed E-state index contributed by atoms with van der Waals surface area (Å²) in [5.74, 6) is -0.882. The molecule has 0 bridgehead atoms. The van der Waals surface area contributed by atoms with Crippen LogP contribution in [0.4, 0.5) is 13.2 Å². The molecule has 2 aromatic rings. The van der Waals surface area contributed by atoms with Crippen molar-refractivity contribution in [1.29, 1.82) is 0 Å². The van der Waals surface area contributed by atoms with Gasteiger partial charge in [0, 0.05) is 12.2 Å². The maximum absolute atomic E-state index is 13.7. The molecule has 28 heavy (non-hydrogen) atoms. The van der Waals surface area contributed by atoms with Crippen LogP contribution in [-0.2, 0) is 6.18 Å². The summed E-state index contributed by atoms with van der Waals surface area (Å²) < 4.78 is 41.5. The van der Waals surface area contributed by atoms with E-state index in [1.165, 1.54) is 18.3 Å². The first kappa shape index (κ1) is 24.5. The fourth-order valence-corrected chi connectivity index (χ4v) is 3.16. The minimum absolute atomic E-state index is 0. The van der Waals surface area contributed by atoms with E-state index in [4.69, 9.17) is 11.6 Å². The summed E-state index contributed by atoms with van der Waals surface area (Å²) in [4.78, 5) is 16.4. The van der Waals surface area contributed by atoms with Crippen molar-refractivity contribution in [2.45, 2.75) is 25.6 Å². The number of aromatic nitrogens is 3. The number of rotatable bonds is 3. The maximum Gasteiger partial charge on any atom is 0.434 e. The van der Waals surface area contributed by atoms with Gasteiger partial charge in [0.15, 0.2) is 11.5 Å². The Morgan fingerprint density at radius 1 is 1.39 bits per heavy atom. The normalized spacial score (nSPS) is 19.3. The number of amides is 1. The van der Waals surface area contributed by atoms with Crippen LogP contribution in [0.15, 0.2) is 24.5 Å². The van der Waals surface area contributed by atoms with Crippen LogP contribution in [0.2, 0.25) is 5.02 Å². The summed E-state index contributed by atoms with van der Waals surface area (Å²) in [5, 5.41) is 9.59. The lowest BCUT2D eigenvalue weighted by Crippen LogP contribution is -2.48. The number of alkyl halides is 3. The predicted molar refractivity (Wildman–Crippen MR) is 104 cm³/mol. The molecule has 6 nitrogen and oxygen atoms in total. The Bertz CT molecular complexity index is 815. The van der Waals surface area contributed by atoms with Gasteiger partial charge in [0.25, 0.3) is 5.91 Å². The van der Waals surface area contributed by atoms with Crippen molar-refractivity contribution in [1.82, 2.24) is 25.4 Å². The molecule has 0 aromatic carbocycles. The second-order valence-electron chi connectivity index (χ2n) is 6.18. The molecule has 1 saturated heterocycles. The number of hydrogen-bond donors (Lipinski definition) is 2. The first-order valence-corrected chi connectivity index (χ1v) is 8.44. The van der Waals surface area contributed by atoms with Gasteiger partial charge in [0.05, 0.1) is 16.8 Å². The van der Waals surface area contributed by atoms with Gasteiger partial charge >= 0.3 is 6.18 Å². The number of carbonyl (C=O) groups is 1. The predicted octanol–water partition coefficient (Wildman–Crippen LogP) is 3.51. The van der Waals surface area contributed by atoms with Gasteiger partial charge in [-0.3, -0.25) is 4.79 Å². The Hall–Kier alpha value is -1.55. The van der Waals surface area contributed by atoms with E-state index in [-0.39, 0.29) is 47.6 Å². The molecule has 1 aliphatic heterocycles. The van der Waals surface area contributed by atoms with Crippen LogP contribution in [0.5, 0.6) is 0 Å². The van der Waals surface area contributed by atoms with Crippen LogP contribution in [0.1, 0.15) is 29.4 Å². The Labute approximate surface area is 177 Å². The van der Waals surface area contributed by atoms with E-state index in [2.05, 4.69) is 20.7 Å². The highest BCUT2D eigenvalue weighted by Gasteiger charge is 2.41. The highest BCUT2D eigenvalue weighted by atomic mass is 35.5. The highest BCUT2D eigenvalue weighted by molar-refractivity contribution is 6.32. The zero-order chi connectivity index (χ0) is 18.9. The number of piperidine rings is 1. The zero-order valence-corrected chi connectivity index (χ0v) is 17.1. The summed E-state index contributed by atoms with van der Waals surface area (Å²) in [7, 11) is 0. The molecule has 2 atom stereocenters. The first-order chi connectivity index (χ1) is 12.3. The van der Waals surface area contributed by atoms with Crippen molar-refractivity contribution in [3.8, 4) is 5.82 Å². The quantitative estimate of drug-likeness (QED) is 0.735. The smallest absolute Gasteiger partial charge is 0.349 e. The van der Waals surface area contributed by atoms with E-state index in [9.17, 15) is 18.0 Å². The van der Waals surface area contributed by atoms with Crippen molar-refractivity contribution in [3.63, 3.8) is 0 Å². The molecule has 1 aliphatic rings. The maximum atomic E-state index is 13.7. The second kappa shape index (κ2) is 9.78. The third-order valence-corrected chi connectivity index (χ3v) is 4.62. The van der Waals surface area contributed by atoms with Gasteiger partial charge in [-0.2, -0.15) is 18.3 Å². The Kier molecular flexibility index (Phi) is 8.55. The number of hydrogen-bond acceptors (Lipinski definition) is 4. The van der Waals surface area contributed by atoms with Gasteiger partial charge in [-0.1, -0.05) is 18.5 Å². The lowest BCUT2D eigenvalue weighted by Gasteiger charge is -2.30. The summed E-state index contributed by atoms with van der Waals surface area (Å²) in [5.41, 5.74) is -1.75. The fraction of sp³-hybridized carbons (Fsp3) is 0.438. The molecule has 3 rings (SSSR count). The van der Waals surface area contributed by atoms with E-state index in [1.807, 2.05) is 6.92 Å². The molecule has 1 fully saturated rings. The zero-order valence-electron chi connectivity index (χ0n) is 14.7. The van der Waals surface area contributed by atoms with Crippen molar-refractivity contribution >= 4 is 42.3 Å². The summed E-state index contributed by atoms with van der Waals surface area (Å²) in [6.07, 6.45) is -1.95. The molecular weight excluding hydrogens is 442 g/mol. The van der Waals surface area contributed by atoms with Gasteiger partial charge < -0.3 is 10.6 Å². The minimum atomic E-state index is -4.80. The largest absolute Gasteiger partial charge is 0.434 e. The van der Waals surface area contributed by atoms with Crippen molar-refractivity contribution in [2.24, 2.45) is 5.92 Å². The van der Waals surface area contributed by atoms with Gasteiger partial charge in [-0.25, -0.2) is 9.67 Å². The van der Waals surface area contributed by atoms with E-state index >= 15 is 0 Å². The van der Waals surface area contributed by atoms with Crippen molar-refractivity contribution in [2.75, 3.05) is 13.1 Å². The molecule has 2 N–H and O–H groups in total. The molecule has 0 aliphatic carbocycles. The average molecular weight is 461 g/mol. The third-order valence-electron chi connectivity index (χ3n) is 4.32. The fourth-order valence-electron chi connectivity index (χ4n) is 2.96. The molecule has 0 radical (unpaired) electrons. The molecule has 3 heterocycles. The van der Waals surface area contributed by atoms with E-state index < -0.39 is 23.3 Å². The second-order valence-corrected chi connectivity index (χ2v) is 6.58. The van der Waals surface area contributed by atoms with Gasteiger partial charge in [-0.05, 0) is 37.6 Å². The molecule has 2 aromatic heterocycles. The Balaban J connectivity index is 0.00000196. The SMILES string of the molecule is CC1CNCCC1NC(=O)c1cnn(-c2ncccc2Cl)c1C(F)(F)F.Cl.Cl. The van der Waals surface area contributed by atoms with E-state index in [0.29, 0.717) is 24.2 Å². The van der Waals surface area contributed by atoms with Gasteiger partial charge in [-0.15, -0.1) is 24.8 Å². The molecule has 1 amide bonds. The molecular formula is C16H19Cl3F3N5O. The number of nitrogens with zero attached hydrogens (tertiary/aromatic N) is 3. The number of carbonyl (C=O) groups excluding carboxylic acids is 1. The average Bonchev–Trinajstić information content (AvgIpc) is 3.02. The van der Waals surface area contributed by atoms with Crippen LogP contribution >= 0.6 is 36.4 Å². The summed E-state index contributed by atoms with van der Waals surface area (Å²) >= 11 is 5.95. The summed E-state index contributed by atoms with van der Waals surface area (Å²) in [6.45, 7) is 3.32. The monoisotopic (exact) mass is 459 g/mol. The van der Waals surface area contributed by atoms with Gasteiger partial charge in [0.1, 0.15) is 0 Å². The highest BCUT2D eigenvalue weighted by Crippen LogP contribution is 2.34. The Morgan fingerprint density at radius 3 is 2.71 bits per heavy atom. The summed E-state index contributed by atoms with van der Waals surface area (Å²) in [6, 6.07) is 2.70. The van der Waals surface area contributed by atoms with Crippen molar-refractivity contribution in [3.05, 3.63) is 40.8 Å². The van der Waals surface area contributed by atoms with Crippen LogP contribution in [-0.4, -0.2) is 39.8 Å². The lowest BCUT2D eigenvalue weighted by molar-refractivity contribution is -0.143. The van der Waals surface area contributed by atoms with Gasteiger partial charge in [0.2, 0.25) is 0 Å². The van der Waals surface area contributed by atoms with E-state index in [1.54, 1.807) is 0 Å². The van der Waals surface area contributed by atoms with Crippen molar-refractivity contribution < 1.29 is 18.0 Å². The number of pyridine rings is 1. The third kappa shape index (κ3) is 5.08. The standard InChI is InChI=1S/C16H17ClF3N5O.2ClH/c1-9-7-21-6-4-12(9)24-15(26)10-8-23-25(13(10)16(18,19)20)14-11(17)3-2-5-22-14;;/h2-3,5,8-9,12,21H,4,6-7H2,1H3,(H,24,26);2*1H. The first-order valence-electron chi connectivity index (χ1n) is 8.06. The molecule has 0 spiro atoms. The molecule has 0 saturated carbocycles. The minimum Gasteiger partial charge on any atom is -0.349 e. The molecule has 12 heteroatoms. The van der Waals surface area contributed by atoms with Crippen LogP contribution in [0.25, 0.3) is 5.82 Å². The van der Waals surface area contributed by atoms with E-state index in [0.717, 1.165) is 6.20 Å². The topological polar surface area (TPSA) is 71.8 Å². The lowest BCUT2D eigenvalue weighted by atomic mass is 9.95. The van der Waals surface area contributed by atoms with Crippen LogP contribution < -0.4 is 10.6 Å². The van der Waals surface area contributed by atoms with Crippen LogP contribution in [0.3, 0.4) is 0 Å².